The summed E-state index contributed by atoms with van der Waals surface area (Å²) in [6.45, 7) is 2.43. The van der Waals surface area contributed by atoms with Crippen LogP contribution < -0.4 is 5.73 Å². The van der Waals surface area contributed by atoms with Gasteiger partial charge in [-0.05, 0) is 12.5 Å². The number of benzene rings is 1. The molecule has 3 heteroatoms. The van der Waals surface area contributed by atoms with Crippen LogP contribution in [0.15, 0.2) is 34.9 Å². The van der Waals surface area contributed by atoms with Crippen LogP contribution in [0.3, 0.4) is 0 Å². The fourth-order valence-corrected chi connectivity index (χ4v) is 1.44. The fourth-order valence-electron chi connectivity index (χ4n) is 1.44. The van der Waals surface area contributed by atoms with Crippen LogP contribution in [0.25, 0.3) is 0 Å². The topological polar surface area (TPSA) is 52.0 Å². The highest BCUT2D eigenvalue weighted by atomic mass is 16.3. The molecule has 0 atom stereocenters. The molecule has 0 saturated heterocycles. The summed E-state index contributed by atoms with van der Waals surface area (Å²) < 4.78 is 5.17. The van der Waals surface area contributed by atoms with E-state index >= 15 is 0 Å². The van der Waals surface area contributed by atoms with Gasteiger partial charge >= 0.3 is 0 Å². The van der Waals surface area contributed by atoms with E-state index in [1.54, 1.807) is 6.26 Å². The van der Waals surface area contributed by atoms with E-state index in [4.69, 9.17) is 10.2 Å². The molecule has 0 aliphatic rings. The summed E-state index contributed by atoms with van der Waals surface area (Å²) in [4.78, 5) is 4.25. The Labute approximate surface area is 88.9 Å². The second-order valence-electron chi connectivity index (χ2n) is 3.60. The van der Waals surface area contributed by atoms with Gasteiger partial charge in [-0.3, -0.25) is 0 Å². The number of rotatable bonds is 3. The van der Waals surface area contributed by atoms with Crippen molar-refractivity contribution in [3.05, 3.63) is 53.2 Å². The third-order valence-corrected chi connectivity index (χ3v) is 2.28. The summed E-state index contributed by atoms with van der Waals surface area (Å²) in [7, 11) is 0. The van der Waals surface area contributed by atoms with E-state index in [9.17, 15) is 0 Å². The minimum Gasteiger partial charge on any atom is -0.447 e. The molecule has 0 bridgehead atoms. The highest BCUT2D eigenvalue weighted by Crippen LogP contribution is 2.10. The lowest BCUT2D eigenvalue weighted by Gasteiger charge is -1.97. The average Bonchev–Trinajstić information content (AvgIpc) is 2.69. The van der Waals surface area contributed by atoms with Gasteiger partial charge in [-0.25, -0.2) is 4.98 Å². The van der Waals surface area contributed by atoms with Crippen molar-refractivity contribution >= 4 is 0 Å². The molecule has 1 heterocycles. The van der Waals surface area contributed by atoms with Crippen LogP contribution in [0.2, 0.25) is 0 Å². The number of nitrogens with two attached hydrogens (primary N) is 1. The number of oxazole rings is 1. The van der Waals surface area contributed by atoms with E-state index in [1.807, 2.05) is 0 Å². The van der Waals surface area contributed by atoms with Crippen molar-refractivity contribution in [1.29, 1.82) is 0 Å². The maximum atomic E-state index is 5.42. The van der Waals surface area contributed by atoms with Gasteiger partial charge in [0.25, 0.3) is 0 Å². The zero-order valence-corrected chi connectivity index (χ0v) is 8.73. The minimum absolute atomic E-state index is 0.355. The van der Waals surface area contributed by atoms with Crippen LogP contribution in [0, 0.1) is 6.92 Å². The Morgan fingerprint density at radius 2 is 2.00 bits per heavy atom. The first kappa shape index (κ1) is 9.93. The third kappa shape index (κ3) is 2.44. The van der Waals surface area contributed by atoms with Gasteiger partial charge in [-0.15, -0.1) is 0 Å². The number of aromatic nitrogens is 1. The van der Waals surface area contributed by atoms with E-state index in [2.05, 4.69) is 36.2 Å². The zero-order chi connectivity index (χ0) is 10.7. The molecule has 1 aromatic carbocycles. The highest BCUT2D eigenvalue weighted by molar-refractivity contribution is 5.24. The Balaban J connectivity index is 2.11. The minimum atomic E-state index is 0.355. The smallest absolute Gasteiger partial charge is 0.207 e. The lowest BCUT2D eigenvalue weighted by atomic mass is 10.1. The molecule has 2 rings (SSSR count). The highest BCUT2D eigenvalue weighted by Gasteiger charge is 2.02. The van der Waals surface area contributed by atoms with E-state index in [0.29, 0.717) is 12.4 Å². The second kappa shape index (κ2) is 4.28. The van der Waals surface area contributed by atoms with Crippen LogP contribution >= 0.6 is 0 Å². The first-order valence-corrected chi connectivity index (χ1v) is 4.97. The molecule has 0 spiro atoms. The van der Waals surface area contributed by atoms with Crippen molar-refractivity contribution < 1.29 is 4.42 Å². The maximum Gasteiger partial charge on any atom is 0.207 e. The van der Waals surface area contributed by atoms with E-state index in [0.717, 1.165) is 12.1 Å². The molecule has 0 saturated carbocycles. The van der Waals surface area contributed by atoms with Crippen LogP contribution in [0.5, 0.6) is 0 Å². The van der Waals surface area contributed by atoms with Gasteiger partial charge in [0.05, 0.1) is 12.2 Å². The Bertz CT molecular complexity index is 431. The van der Waals surface area contributed by atoms with Gasteiger partial charge < -0.3 is 10.2 Å². The van der Waals surface area contributed by atoms with Gasteiger partial charge in [-0.2, -0.15) is 0 Å². The maximum absolute atomic E-state index is 5.42. The summed E-state index contributed by atoms with van der Waals surface area (Å²) in [6, 6.07) is 8.40. The number of hydrogen-bond acceptors (Lipinski definition) is 3. The first-order chi connectivity index (χ1) is 7.28. The SMILES string of the molecule is Cc1ccc(Cc2coc(CN)n2)cc1. The van der Waals surface area contributed by atoms with Gasteiger partial charge in [0, 0.05) is 6.42 Å². The quantitative estimate of drug-likeness (QED) is 0.828. The molecule has 0 amide bonds. The molecule has 0 fully saturated rings. The molecule has 15 heavy (non-hydrogen) atoms. The second-order valence-corrected chi connectivity index (χ2v) is 3.60. The van der Waals surface area contributed by atoms with Crippen LogP contribution in [0.4, 0.5) is 0 Å². The molecule has 0 radical (unpaired) electrons. The molecule has 78 valence electrons. The molecule has 1 aromatic heterocycles. The lowest BCUT2D eigenvalue weighted by Crippen LogP contribution is -1.96. The Hall–Kier alpha value is -1.61. The average molecular weight is 202 g/mol. The number of hydrogen-bond donors (Lipinski definition) is 1. The summed E-state index contributed by atoms with van der Waals surface area (Å²) in [5.41, 5.74) is 8.85. The normalized spacial score (nSPS) is 10.5. The first-order valence-electron chi connectivity index (χ1n) is 4.97. The molecular formula is C12H14N2O. The van der Waals surface area contributed by atoms with Crippen LogP contribution in [-0.2, 0) is 13.0 Å². The summed E-state index contributed by atoms with van der Waals surface area (Å²) >= 11 is 0. The molecule has 3 nitrogen and oxygen atoms in total. The molecular weight excluding hydrogens is 188 g/mol. The van der Waals surface area contributed by atoms with E-state index in [-0.39, 0.29) is 0 Å². The summed E-state index contributed by atoms with van der Waals surface area (Å²) in [5.74, 6) is 0.595. The summed E-state index contributed by atoms with van der Waals surface area (Å²) in [6.07, 6.45) is 2.46. The Morgan fingerprint density at radius 3 is 2.60 bits per heavy atom. The van der Waals surface area contributed by atoms with E-state index < -0.39 is 0 Å². The third-order valence-electron chi connectivity index (χ3n) is 2.28. The van der Waals surface area contributed by atoms with Crippen LogP contribution in [-0.4, -0.2) is 4.98 Å². The largest absolute Gasteiger partial charge is 0.447 e. The van der Waals surface area contributed by atoms with Crippen molar-refractivity contribution in [3.8, 4) is 0 Å². The van der Waals surface area contributed by atoms with Gasteiger partial charge in [0.1, 0.15) is 6.26 Å². The molecule has 2 N–H and O–H groups in total. The predicted octanol–water partition coefficient (Wildman–Crippen LogP) is 2.03. The van der Waals surface area contributed by atoms with Crippen molar-refractivity contribution in [2.24, 2.45) is 5.73 Å². The molecule has 0 aliphatic carbocycles. The monoisotopic (exact) mass is 202 g/mol. The molecule has 0 aliphatic heterocycles. The Kier molecular flexibility index (Phi) is 2.83. The number of aryl methyl sites for hydroxylation is 1. The van der Waals surface area contributed by atoms with Crippen molar-refractivity contribution in [2.45, 2.75) is 19.9 Å². The molecule has 2 aromatic rings. The summed E-state index contributed by atoms with van der Waals surface area (Å²) in [5, 5.41) is 0. The van der Waals surface area contributed by atoms with Crippen molar-refractivity contribution in [1.82, 2.24) is 4.98 Å². The Morgan fingerprint density at radius 1 is 1.27 bits per heavy atom. The van der Waals surface area contributed by atoms with Crippen LogP contribution in [0.1, 0.15) is 22.7 Å². The van der Waals surface area contributed by atoms with Gasteiger partial charge in [0.2, 0.25) is 5.89 Å². The zero-order valence-electron chi connectivity index (χ0n) is 8.73. The molecule has 0 unspecified atom stereocenters. The van der Waals surface area contributed by atoms with Crippen molar-refractivity contribution in [2.75, 3.05) is 0 Å². The number of nitrogens with zero attached hydrogens (tertiary/aromatic N) is 1. The lowest BCUT2D eigenvalue weighted by molar-refractivity contribution is 0.497. The standard InChI is InChI=1S/C12H14N2O/c1-9-2-4-10(5-3-9)6-11-8-15-12(7-13)14-11/h2-5,8H,6-7,13H2,1H3. The van der Waals surface area contributed by atoms with Gasteiger partial charge in [0.15, 0.2) is 0 Å². The predicted molar refractivity (Wildman–Crippen MR) is 58.4 cm³/mol. The van der Waals surface area contributed by atoms with Crippen molar-refractivity contribution in [3.63, 3.8) is 0 Å². The van der Waals surface area contributed by atoms with E-state index in [1.165, 1.54) is 11.1 Å². The fraction of sp³-hybridized carbons (Fsp3) is 0.250. The van der Waals surface area contributed by atoms with Gasteiger partial charge in [-0.1, -0.05) is 29.8 Å².